The van der Waals surface area contributed by atoms with E-state index in [9.17, 15) is 0 Å². The van der Waals surface area contributed by atoms with Crippen LogP contribution < -0.4 is 10.1 Å². The van der Waals surface area contributed by atoms with E-state index in [1.54, 1.807) is 0 Å². The standard InChI is InChI=1S/C25H37ClN2O.2ClH/c1-3-5-16-28(17-6-4-2)18-10-15-27-20-23-19-24(26)13-14-25(23)29-21-22-11-8-7-9-12-22;;/h7-9,11-14,19,27H,3-6,10,15-18,20-21H2,1-2H3;2*1H. The van der Waals surface area contributed by atoms with Crippen LogP contribution in [0.1, 0.15) is 57.1 Å². The SMILES string of the molecule is CCCCN(CCCC)CCCNCc1cc(Cl)ccc1OCc1ccccc1.Cl.Cl. The molecule has 2 aromatic rings. The third kappa shape index (κ3) is 12.6. The van der Waals surface area contributed by atoms with E-state index >= 15 is 0 Å². The first kappa shape index (κ1) is 30.0. The minimum absolute atomic E-state index is 0. The quantitative estimate of drug-likeness (QED) is 0.269. The lowest BCUT2D eigenvalue weighted by atomic mass is 10.2. The summed E-state index contributed by atoms with van der Waals surface area (Å²) in [5, 5.41) is 4.32. The maximum absolute atomic E-state index is 6.22. The molecule has 2 aromatic carbocycles. The predicted molar refractivity (Wildman–Crippen MR) is 139 cm³/mol. The zero-order chi connectivity index (χ0) is 20.7. The van der Waals surface area contributed by atoms with Crippen molar-refractivity contribution in [3.05, 3.63) is 64.7 Å². The molecule has 3 nitrogen and oxygen atoms in total. The summed E-state index contributed by atoms with van der Waals surface area (Å²) >= 11 is 6.22. The molecule has 0 aliphatic heterocycles. The molecule has 0 aliphatic rings. The van der Waals surface area contributed by atoms with Gasteiger partial charge in [0.15, 0.2) is 0 Å². The second kappa shape index (κ2) is 18.6. The average Bonchev–Trinajstić information content (AvgIpc) is 2.75. The largest absolute Gasteiger partial charge is 0.489 e. The van der Waals surface area contributed by atoms with E-state index in [1.165, 1.54) is 50.9 Å². The minimum atomic E-state index is 0. The minimum Gasteiger partial charge on any atom is -0.489 e. The van der Waals surface area contributed by atoms with E-state index in [4.69, 9.17) is 16.3 Å². The number of nitrogens with zero attached hydrogens (tertiary/aromatic N) is 1. The highest BCUT2D eigenvalue weighted by atomic mass is 35.5. The van der Waals surface area contributed by atoms with Crippen LogP contribution in [0.3, 0.4) is 0 Å². The molecule has 0 saturated heterocycles. The first-order valence-corrected chi connectivity index (χ1v) is 11.5. The highest BCUT2D eigenvalue weighted by Gasteiger charge is 2.07. The molecule has 0 unspecified atom stereocenters. The van der Waals surface area contributed by atoms with Crippen molar-refractivity contribution in [1.82, 2.24) is 10.2 Å². The molecule has 0 saturated carbocycles. The van der Waals surface area contributed by atoms with Crippen molar-refractivity contribution in [3.63, 3.8) is 0 Å². The van der Waals surface area contributed by atoms with Crippen molar-refractivity contribution in [2.75, 3.05) is 26.2 Å². The summed E-state index contributed by atoms with van der Waals surface area (Å²) in [5.74, 6) is 0.901. The predicted octanol–water partition coefficient (Wildman–Crippen LogP) is 7.14. The molecule has 1 N–H and O–H groups in total. The molecule has 2 rings (SSSR count). The van der Waals surface area contributed by atoms with Gasteiger partial charge >= 0.3 is 0 Å². The van der Waals surface area contributed by atoms with Gasteiger partial charge in [-0.3, -0.25) is 0 Å². The molecule has 0 bridgehead atoms. The van der Waals surface area contributed by atoms with Crippen molar-refractivity contribution in [1.29, 1.82) is 0 Å². The Bertz CT molecular complexity index is 678. The number of rotatable bonds is 15. The Morgan fingerprint density at radius 2 is 1.52 bits per heavy atom. The fraction of sp³-hybridized carbons (Fsp3) is 0.520. The maximum Gasteiger partial charge on any atom is 0.124 e. The second-order valence-corrected chi connectivity index (χ2v) is 8.04. The molecule has 0 aromatic heterocycles. The number of unbranched alkanes of at least 4 members (excludes halogenated alkanes) is 2. The van der Waals surface area contributed by atoms with Gasteiger partial charge in [-0.25, -0.2) is 0 Å². The van der Waals surface area contributed by atoms with E-state index in [0.29, 0.717) is 6.61 Å². The molecule has 0 amide bonds. The molecule has 6 heteroatoms. The van der Waals surface area contributed by atoms with Crippen molar-refractivity contribution in [3.8, 4) is 5.75 Å². The topological polar surface area (TPSA) is 24.5 Å². The number of halogens is 3. The number of benzene rings is 2. The van der Waals surface area contributed by atoms with Crippen LogP contribution in [0, 0.1) is 0 Å². The molecule has 0 radical (unpaired) electrons. The van der Waals surface area contributed by atoms with Crippen molar-refractivity contribution >= 4 is 36.4 Å². The number of hydrogen-bond acceptors (Lipinski definition) is 3. The monoisotopic (exact) mass is 488 g/mol. The van der Waals surface area contributed by atoms with Crippen LogP contribution in [-0.4, -0.2) is 31.1 Å². The van der Waals surface area contributed by atoms with E-state index in [2.05, 4.69) is 36.2 Å². The van der Waals surface area contributed by atoms with Gasteiger partial charge in [-0.15, -0.1) is 24.8 Å². The Kier molecular flexibility index (Phi) is 18.0. The summed E-state index contributed by atoms with van der Waals surface area (Å²) in [6.45, 7) is 10.5. The van der Waals surface area contributed by atoms with Crippen LogP contribution in [0.5, 0.6) is 5.75 Å². The summed E-state index contributed by atoms with van der Waals surface area (Å²) < 4.78 is 6.06. The van der Waals surface area contributed by atoms with Crippen molar-refractivity contribution < 1.29 is 4.74 Å². The van der Waals surface area contributed by atoms with Crippen molar-refractivity contribution in [2.24, 2.45) is 0 Å². The van der Waals surface area contributed by atoms with Crippen LogP contribution >= 0.6 is 36.4 Å². The molecule has 176 valence electrons. The Morgan fingerprint density at radius 1 is 0.871 bits per heavy atom. The molecule has 0 atom stereocenters. The Hall–Kier alpha value is -0.970. The van der Waals surface area contributed by atoms with Crippen LogP contribution in [0.25, 0.3) is 0 Å². The van der Waals surface area contributed by atoms with Gasteiger partial charge in [0.2, 0.25) is 0 Å². The highest BCUT2D eigenvalue weighted by Crippen LogP contribution is 2.24. The second-order valence-electron chi connectivity index (χ2n) is 7.61. The molecule has 0 fully saturated rings. The fourth-order valence-electron chi connectivity index (χ4n) is 3.31. The van der Waals surface area contributed by atoms with E-state index in [1.807, 2.05) is 36.4 Å². The first-order valence-electron chi connectivity index (χ1n) is 11.1. The van der Waals surface area contributed by atoms with Gasteiger partial charge in [-0.05, 0) is 69.2 Å². The van der Waals surface area contributed by atoms with Crippen LogP contribution in [0.15, 0.2) is 48.5 Å². The zero-order valence-corrected chi connectivity index (χ0v) is 21.3. The first-order chi connectivity index (χ1) is 14.2. The smallest absolute Gasteiger partial charge is 0.124 e. The van der Waals surface area contributed by atoms with Gasteiger partial charge in [0, 0.05) is 17.1 Å². The third-order valence-corrected chi connectivity index (χ3v) is 5.29. The molecule has 0 heterocycles. The Morgan fingerprint density at radius 3 is 2.16 bits per heavy atom. The van der Waals surface area contributed by atoms with E-state index in [-0.39, 0.29) is 24.8 Å². The summed E-state index contributed by atoms with van der Waals surface area (Å²) in [4.78, 5) is 2.61. The van der Waals surface area contributed by atoms with E-state index in [0.717, 1.165) is 35.8 Å². The lowest BCUT2D eigenvalue weighted by Crippen LogP contribution is -2.29. The fourth-order valence-corrected chi connectivity index (χ4v) is 3.51. The number of nitrogens with one attached hydrogen (secondary N) is 1. The normalized spacial score (nSPS) is 10.5. The molecule has 0 aliphatic carbocycles. The third-order valence-electron chi connectivity index (χ3n) is 5.06. The van der Waals surface area contributed by atoms with Gasteiger partial charge in [0.1, 0.15) is 12.4 Å². The lowest BCUT2D eigenvalue weighted by molar-refractivity contribution is 0.260. The Balaban J connectivity index is 0.00000450. The van der Waals surface area contributed by atoms with Gasteiger partial charge in [-0.1, -0.05) is 68.6 Å². The van der Waals surface area contributed by atoms with Crippen LogP contribution in [0.4, 0.5) is 0 Å². The Labute approximate surface area is 206 Å². The van der Waals surface area contributed by atoms with Crippen LogP contribution in [-0.2, 0) is 13.2 Å². The summed E-state index contributed by atoms with van der Waals surface area (Å²) in [6, 6.07) is 16.1. The zero-order valence-electron chi connectivity index (χ0n) is 18.9. The summed E-state index contributed by atoms with van der Waals surface area (Å²) in [6.07, 6.45) is 6.28. The maximum atomic E-state index is 6.22. The highest BCUT2D eigenvalue weighted by molar-refractivity contribution is 6.30. The number of hydrogen-bond donors (Lipinski definition) is 1. The summed E-state index contributed by atoms with van der Waals surface area (Å²) in [7, 11) is 0. The molecular formula is C25H39Cl3N2O. The van der Waals surface area contributed by atoms with Gasteiger partial charge in [-0.2, -0.15) is 0 Å². The molecular weight excluding hydrogens is 451 g/mol. The van der Waals surface area contributed by atoms with E-state index < -0.39 is 0 Å². The number of ether oxygens (including phenoxy) is 1. The average molecular weight is 490 g/mol. The van der Waals surface area contributed by atoms with Gasteiger partial charge < -0.3 is 15.0 Å². The molecule has 0 spiro atoms. The molecule has 31 heavy (non-hydrogen) atoms. The van der Waals surface area contributed by atoms with Crippen LogP contribution in [0.2, 0.25) is 5.02 Å². The van der Waals surface area contributed by atoms with Gasteiger partial charge in [0.25, 0.3) is 0 Å². The lowest BCUT2D eigenvalue weighted by Gasteiger charge is -2.22. The summed E-state index contributed by atoms with van der Waals surface area (Å²) in [5.41, 5.74) is 2.28. The van der Waals surface area contributed by atoms with Gasteiger partial charge in [0.05, 0.1) is 0 Å². The van der Waals surface area contributed by atoms with Crippen molar-refractivity contribution in [2.45, 2.75) is 59.1 Å².